The van der Waals surface area contributed by atoms with Gasteiger partial charge in [-0.05, 0) is 110 Å². The molecule has 6 nitrogen and oxygen atoms in total. The largest absolute Gasteiger partial charge is 0.493 e. The SMILES string of the molecule is CCCCCCCCOc1cc(C#Cc2cc(C(C)(C)C)cc(I)c2OCOC)nc(C#Cc2cc(C(C)(C)C)cc(I)c2OCOC)c1. The van der Waals surface area contributed by atoms with E-state index in [1.165, 1.54) is 36.8 Å². The third kappa shape index (κ3) is 13.3. The molecule has 0 N–H and O–H groups in total. The fourth-order valence-electron chi connectivity index (χ4n) is 4.82. The molecule has 0 unspecified atom stereocenters. The fourth-order valence-corrected chi connectivity index (χ4v) is 6.38. The van der Waals surface area contributed by atoms with Gasteiger partial charge < -0.3 is 23.7 Å². The quantitative estimate of drug-likeness (QED) is 0.0696. The summed E-state index contributed by atoms with van der Waals surface area (Å²) in [5, 5.41) is 0. The van der Waals surface area contributed by atoms with E-state index >= 15 is 0 Å². The lowest BCUT2D eigenvalue weighted by Crippen LogP contribution is -2.13. The summed E-state index contributed by atoms with van der Waals surface area (Å²) in [4.78, 5) is 4.85. The third-order valence-electron chi connectivity index (χ3n) is 7.68. The van der Waals surface area contributed by atoms with Crippen LogP contribution in [0.2, 0.25) is 0 Å². The molecule has 0 fully saturated rings. The van der Waals surface area contributed by atoms with Gasteiger partial charge in [0.25, 0.3) is 0 Å². The molecule has 0 bridgehead atoms. The summed E-state index contributed by atoms with van der Waals surface area (Å²) in [6.45, 7) is 16.2. The maximum absolute atomic E-state index is 6.26. The maximum atomic E-state index is 6.26. The molecule has 8 heteroatoms. The molecule has 2 aromatic carbocycles. The van der Waals surface area contributed by atoms with E-state index in [-0.39, 0.29) is 24.4 Å². The molecule has 1 aromatic heterocycles. The number of benzene rings is 2. The molecule has 0 radical (unpaired) electrons. The lowest BCUT2D eigenvalue weighted by molar-refractivity contribution is 0.0501. The van der Waals surface area contributed by atoms with E-state index < -0.39 is 0 Å². The standard InChI is InChI=1S/C41H51I2NO5/c1-10-11-12-13-14-15-20-47-35-25-33(18-16-29-21-31(40(2,3)4)23-36(42)38(29)48-27-45-8)44-34(26-35)19-17-30-22-32(41(5,6)7)24-37(43)39(30)49-28-46-9/h21-26H,10-15,20,27-28H2,1-9H3. The number of nitrogens with zero attached hydrogens (tertiary/aromatic N) is 1. The molecular weight excluding hydrogens is 840 g/mol. The molecule has 3 rings (SSSR count). The summed E-state index contributed by atoms with van der Waals surface area (Å²) in [6.07, 6.45) is 7.14. The maximum Gasteiger partial charge on any atom is 0.188 e. The highest BCUT2D eigenvalue weighted by atomic mass is 127. The Bertz CT molecular complexity index is 1550. The van der Waals surface area contributed by atoms with Gasteiger partial charge in [-0.1, -0.05) is 92.4 Å². The summed E-state index contributed by atoms with van der Waals surface area (Å²) < 4.78 is 30.6. The Morgan fingerprint density at radius 2 is 1.04 bits per heavy atom. The lowest BCUT2D eigenvalue weighted by Gasteiger charge is -2.21. The van der Waals surface area contributed by atoms with E-state index in [9.17, 15) is 0 Å². The van der Waals surface area contributed by atoms with Crippen LogP contribution in [-0.4, -0.2) is 39.4 Å². The molecule has 3 aromatic rings. The Kier molecular flexibility index (Phi) is 16.5. The minimum absolute atomic E-state index is 0.0601. The minimum atomic E-state index is -0.0601. The van der Waals surface area contributed by atoms with E-state index in [0.717, 1.165) is 31.1 Å². The van der Waals surface area contributed by atoms with Crippen molar-refractivity contribution < 1.29 is 23.7 Å². The van der Waals surface area contributed by atoms with E-state index in [2.05, 4.69) is 142 Å². The zero-order valence-corrected chi connectivity index (χ0v) is 34.9. The van der Waals surface area contributed by atoms with Gasteiger partial charge in [-0.3, -0.25) is 0 Å². The molecule has 0 saturated carbocycles. The first-order valence-corrected chi connectivity index (χ1v) is 19.0. The van der Waals surface area contributed by atoms with Crippen LogP contribution >= 0.6 is 45.2 Å². The van der Waals surface area contributed by atoms with Crippen LogP contribution in [-0.2, 0) is 20.3 Å². The fraction of sp³-hybridized carbons (Fsp3) is 0.488. The van der Waals surface area contributed by atoms with Gasteiger partial charge in [-0.2, -0.15) is 0 Å². The minimum Gasteiger partial charge on any atom is -0.493 e. The summed E-state index contributed by atoms with van der Waals surface area (Å²) in [6, 6.07) is 12.2. The van der Waals surface area contributed by atoms with Crippen LogP contribution in [0.15, 0.2) is 36.4 Å². The molecule has 264 valence electrons. The molecule has 0 amide bonds. The average molecular weight is 892 g/mol. The highest BCUT2D eigenvalue weighted by Crippen LogP contribution is 2.34. The van der Waals surface area contributed by atoms with Crippen molar-refractivity contribution in [1.82, 2.24) is 4.98 Å². The van der Waals surface area contributed by atoms with Crippen molar-refractivity contribution in [3.63, 3.8) is 0 Å². The number of ether oxygens (including phenoxy) is 5. The highest BCUT2D eigenvalue weighted by molar-refractivity contribution is 14.1. The van der Waals surface area contributed by atoms with Crippen LogP contribution in [0.3, 0.4) is 0 Å². The molecule has 0 spiro atoms. The van der Waals surface area contributed by atoms with Crippen LogP contribution < -0.4 is 14.2 Å². The Morgan fingerprint density at radius 1 is 0.592 bits per heavy atom. The predicted molar refractivity (Wildman–Crippen MR) is 216 cm³/mol. The van der Waals surface area contributed by atoms with Crippen LogP contribution in [0.4, 0.5) is 0 Å². The second-order valence-electron chi connectivity index (χ2n) is 14.0. The number of hydrogen-bond donors (Lipinski definition) is 0. The second-order valence-corrected chi connectivity index (χ2v) is 16.3. The summed E-state index contributed by atoms with van der Waals surface area (Å²) in [5.41, 5.74) is 4.88. The van der Waals surface area contributed by atoms with Gasteiger partial charge in [-0.15, -0.1) is 0 Å². The number of halogens is 2. The first kappa shape index (κ1) is 40.9. The monoisotopic (exact) mass is 891 g/mol. The molecule has 0 aliphatic carbocycles. The van der Waals surface area contributed by atoms with Crippen molar-refractivity contribution in [3.8, 4) is 40.9 Å². The van der Waals surface area contributed by atoms with Gasteiger partial charge in [0.05, 0.1) is 24.9 Å². The highest BCUT2D eigenvalue weighted by Gasteiger charge is 2.20. The van der Waals surface area contributed by atoms with Crippen molar-refractivity contribution in [2.75, 3.05) is 34.4 Å². The smallest absolute Gasteiger partial charge is 0.188 e. The van der Waals surface area contributed by atoms with Gasteiger partial charge in [-0.25, -0.2) is 4.98 Å². The zero-order chi connectivity index (χ0) is 36.0. The lowest BCUT2D eigenvalue weighted by atomic mass is 9.86. The normalized spacial score (nSPS) is 11.3. The van der Waals surface area contributed by atoms with Crippen molar-refractivity contribution in [3.05, 3.63) is 77.2 Å². The number of rotatable bonds is 14. The van der Waals surface area contributed by atoms with Crippen LogP contribution in [0.5, 0.6) is 17.2 Å². The third-order valence-corrected chi connectivity index (χ3v) is 9.28. The number of unbranched alkanes of at least 4 members (excludes halogenated alkanes) is 5. The topological polar surface area (TPSA) is 59.0 Å². The van der Waals surface area contributed by atoms with Gasteiger partial charge >= 0.3 is 0 Å². The van der Waals surface area contributed by atoms with E-state index in [1.807, 2.05) is 12.1 Å². The Hall–Kier alpha value is -2.51. The van der Waals surface area contributed by atoms with Crippen LogP contribution in [0, 0.1) is 30.8 Å². The van der Waals surface area contributed by atoms with Crippen molar-refractivity contribution in [1.29, 1.82) is 0 Å². The molecular formula is C41H51I2NO5. The number of methoxy groups -OCH3 is 2. The molecule has 0 aliphatic heterocycles. The van der Waals surface area contributed by atoms with Gasteiger partial charge in [0, 0.05) is 26.4 Å². The first-order chi connectivity index (χ1) is 23.3. The Morgan fingerprint density at radius 3 is 1.47 bits per heavy atom. The number of hydrogen-bond acceptors (Lipinski definition) is 6. The van der Waals surface area contributed by atoms with E-state index in [4.69, 9.17) is 28.7 Å². The second kappa shape index (κ2) is 19.8. The molecule has 0 aliphatic rings. The van der Waals surface area contributed by atoms with E-state index in [1.54, 1.807) is 14.2 Å². The molecule has 49 heavy (non-hydrogen) atoms. The zero-order valence-electron chi connectivity index (χ0n) is 30.6. The number of pyridine rings is 1. The van der Waals surface area contributed by atoms with Crippen LogP contribution in [0.1, 0.15) is 121 Å². The van der Waals surface area contributed by atoms with Crippen molar-refractivity contribution in [2.45, 2.75) is 97.8 Å². The summed E-state index contributed by atoms with van der Waals surface area (Å²) >= 11 is 4.60. The molecule has 0 saturated heterocycles. The van der Waals surface area contributed by atoms with Crippen molar-refractivity contribution >= 4 is 45.2 Å². The summed E-state index contributed by atoms with van der Waals surface area (Å²) in [5.74, 6) is 15.3. The van der Waals surface area contributed by atoms with Crippen molar-refractivity contribution in [2.24, 2.45) is 0 Å². The molecule has 0 atom stereocenters. The average Bonchev–Trinajstić information content (AvgIpc) is 3.03. The van der Waals surface area contributed by atoms with E-state index in [0.29, 0.717) is 35.2 Å². The Balaban J connectivity index is 2.09. The molecule has 1 heterocycles. The van der Waals surface area contributed by atoms with Crippen LogP contribution in [0.25, 0.3) is 0 Å². The van der Waals surface area contributed by atoms with Gasteiger partial charge in [0.15, 0.2) is 25.1 Å². The first-order valence-electron chi connectivity index (χ1n) is 16.9. The van der Waals surface area contributed by atoms with Gasteiger partial charge in [0.1, 0.15) is 17.1 Å². The number of aromatic nitrogens is 1. The Labute approximate surface area is 322 Å². The van der Waals surface area contributed by atoms with Gasteiger partial charge in [0.2, 0.25) is 0 Å². The predicted octanol–water partition coefficient (Wildman–Crippen LogP) is 10.4. The summed E-state index contributed by atoms with van der Waals surface area (Å²) in [7, 11) is 3.22.